The van der Waals surface area contributed by atoms with Crippen LogP contribution in [0.5, 0.6) is 5.75 Å². The first kappa shape index (κ1) is 15.6. The van der Waals surface area contributed by atoms with Gasteiger partial charge < -0.3 is 4.74 Å². The first-order valence-corrected chi connectivity index (χ1v) is 7.56. The summed E-state index contributed by atoms with van der Waals surface area (Å²) in [4.78, 5) is 12.1. The zero-order chi connectivity index (χ0) is 16.9. The van der Waals surface area contributed by atoms with Crippen LogP contribution in [-0.4, -0.2) is 13.0 Å². The van der Waals surface area contributed by atoms with E-state index in [9.17, 15) is 4.79 Å². The molecule has 0 aliphatic heterocycles. The van der Waals surface area contributed by atoms with E-state index >= 15 is 0 Å². The van der Waals surface area contributed by atoms with Crippen LogP contribution >= 0.6 is 0 Å². The second-order valence-corrected chi connectivity index (χ2v) is 5.35. The predicted octanol–water partition coefficient (Wildman–Crippen LogP) is 3.75. The zero-order valence-corrected chi connectivity index (χ0v) is 13.4. The SMILES string of the molecule is C=C(NNC(=O)c1ccc(OC)cc1)c1ccc2ccccc2c1. The molecule has 1 amide bonds. The Balaban J connectivity index is 1.66. The number of carbonyl (C=O) groups is 1. The summed E-state index contributed by atoms with van der Waals surface area (Å²) < 4.78 is 5.08. The quantitative estimate of drug-likeness (QED) is 0.704. The molecule has 3 rings (SSSR count). The van der Waals surface area contributed by atoms with Crippen LogP contribution in [0.15, 0.2) is 73.3 Å². The average molecular weight is 318 g/mol. The van der Waals surface area contributed by atoms with Gasteiger partial charge in [0, 0.05) is 5.56 Å². The van der Waals surface area contributed by atoms with Crippen LogP contribution in [0.2, 0.25) is 0 Å². The van der Waals surface area contributed by atoms with E-state index in [1.807, 2.05) is 36.4 Å². The Labute approximate surface area is 140 Å². The number of hydrazine groups is 1. The van der Waals surface area contributed by atoms with Crippen LogP contribution in [0.1, 0.15) is 15.9 Å². The van der Waals surface area contributed by atoms with Gasteiger partial charge >= 0.3 is 0 Å². The Kier molecular flexibility index (Phi) is 4.47. The van der Waals surface area contributed by atoms with Crippen LogP contribution in [0.25, 0.3) is 16.5 Å². The molecule has 0 aliphatic carbocycles. The largest absolute Gasteiger partial charge is 0.497 e. The summed E-state index contributed by atoms with van der Waals surface area (Å²) in [7, 11) is 1.59. The Morgan fingerprint density at radius 1 is 0.875 bits per heavy atom. The van der Waals surface area contributed by atoms with E-state index in [0.717, 1.165) is 16.3 Å². The summed E-state index contributed by atoms with van der Waals surface area (Å²) in [5.74, 6) is 0.472. The van der Waals surface area contributed by atoms with E-state index in [1.54, 1.807) is 31.4 Å². The summed E-state index contributed by atoms with van der Waals surface area (Å²) in [5, 5.41) is 2.29. The molecule has 0 fully saturated rings. The van der Waals surface area contributed by atoms with E-state index in [4.69, 9.17) is 4.74 Å². The molecule has 120 valence electrons. The van der Waals surface area contributed by atoms with E-state index < -0.39 is 0 Å². The average Bonchev–Trinajstić information content (AvgIpc) is 2.65. The van der Waals surface area contributed by atoms with Crippen LogP contribution < -0.4 is 15.6 Å². The Morgan fingerprint density at radius 2 is 1.54 bits per heavy atom. The molecule has 0 unspecified atom stereocenters. The standard InChI is InChI=1S/C20H18N2O2/c1-14(17-8-7-15-5-3-4-6-18(15)13-17)21-22-20(23)16-9-11-19(24-2)12-10-16/h3-13,21H,1H2,2H3,(H,22,23). The van der Waals surface area contributed by atoms with Crippen molar-refractivity contribution in [3.8, 4) is 5.75 Å². The van der Waals surface area contributed by atoms with E-state index in [-0.39, 0.29) is 5.91 Å². The van der Waals surface area contributed by atoms with Gasteiger partial charge in [-0.25, -0.2) is 0 Å². The van der Waals surface area contributed by atoms with Crippen LogP contribution in [0.4, 0.5) is 0 Å². The van der Waals surface area contributed by atoms with Crippen molar-refractivity contribution in [2.24, 2.45) is 0 Å². The van der Waals surface area contributed by atoms with Crippen LogP contribution in [-0.2, 0) is 0 Å². The van der Waals surface area contributed by atoms with Gasteiger partial charge in [-0.05, 0) is 46.7 Å². The van der Waals surface area contributed by atoms with Crippen molar-refractivity contribution in [1.82, 2.24) is 10.9 Å². The smallest absolute Gasteiger partial charge is 0.269 e. The maximum atomic E-state index is 12.1. The monoisotopic (exact) mass is 318 g/mol. The molecule has 0 heterocycles. The highest BCUT2D eigenvalue weighted by Gasteiger charge is 2.06. The summed E-state index contributed by atoms with van der Waals surface area (Å²) in [6.45, 7) is 3.98. The van der Waals surface area contributed by atoms with Crippen molar-refractivity contribution < 1.29 is 9.53 Å². The minimum absolute atomic E-state index is 0.236. The van der Waals surface area contributed by atoms with Gasteiger partial charge in [-0.3, -0.25) is 15.6 Å². The normalized spacial score (nSPS) is 10.2. The number of amides is 1. The second-order valence-electron chi connectivity index (χ2n) is 5.35. The van der Waals surface area contributed by atoms with Crippen LogP contribution in [0, 0.1) is 0 Å². The molecule has 0 saturated carbocycles. The first-order chi connectivity index (χ1) is 11.7. The highest BCUT2D eigenvalue weighted by Crippen LogP contribution is 2.18. The molecule has 0 bridgehead atoms. The number of rotatable bonds is 5. The highest BCUT2D eigenvalue weighted by atomic mass is 16.5. The summed E-state index contributed by atoms with van der Waals surface area (Å²) >= 11 is 0. The number of fused-ring (bicyclic) bond motifs is 1. The van der Waals surface area contributed by atoms with Crippen molar-refractivity contribution >= 4 is 22.4 Å². The Hall–Kier alpha value is -3.27. The van der Waals surface area contributed by atoms with Gasteiger partial charge in [-0.1, -0.05) is 43.0 Å². The lowest BCUT2D eigenvalue weighted by atomic mass is 10.1. The maximum absolute atomic E-state index is 12.1. The molecule has 0 radical (unpaired) electrons. The number of benzene rings is 3. The second kappa shape index (κ2) is 6.87. The van der Waals surface area contributed by atoms with E-state index in [0.29, 0.717) is 17.0 Å². The minimum atomic E-state index is -0.236. The molecule has 0 saturated heterocycles. The molecule has 0 aromatic heterocycles. The van der Waals surface area contributed by atoms with Gasteiger partial charge in [0.1, 0.15) is 5.75 Å². The van der Waals surface area contributed by atoms with Gasteiger partial charge in [0.25, 0.3) is 5.91 Å². The van der Waals surface area contributed by atoms with E-state index in [1.165, 1.54) is 0 Å². The summed E-state index contributed by atoms with van der Waals surface area (Å²) in [6.07, 6.45) is 0. The van der Waals surface area contributed by atoms with Gasteiger partial charge in [0.05, 0.1) is 12.8 Å². The van der Waals surface area contributed by atoms with Gasteiger partial charge in [-0.2, -0.15) is 0 Å². The molecule has 3 aromatic rings. The molecule has 3 aromatic carbocycles. The van der Waals surface area contributed by atoms with Crippen LogP contribution in [0.3, 0.4) is 0 Å². The Morgan fingerprint density at radius 3 is 2.25 bits per heavy atom. The predicted molar refractivity (Wildman–Crippen MR) is 96.6 cm³/mol. The molecular weight excluding hydrogens is 300 g/mol. The lowest BCUT2D eigenvalue weighted by Crippen LogP contribution is -2.35. The number of methoxy groups -OCH3 is 1. The van der Waals surface area contributed by atoms with E-state index in [2.05, 4.69) is 23.5 Å². The fraction of sp³-hybridized carbons (Fsp3) is 0.0500. The number of ether oxygens (including phenoxy) is 1. The molecule has 24 heavy (non-hydrogen) atoms. The minimum Gasteiger partial charge on any atom is -0.497 e. The molecule has 0 aliphatic rings. The zero-order valence-electron chi connectivity index (χ0n) is 13.4. The molecule has 4 heteroatoms. The molecular formula is C20H18N2O2. The number of nitrogens with one attached hydrogen (secondary N) is 2. The summed E-state index contributed by atoms with van der Waals surface area (Å²) in [6, 6.07) is 21.0. The molecule has 2 N–H and O–H groups in total. The van der Waals surface area contributed by atoms with Crippen molar-refractivity contribution in [2.45, 2.75) is 0 Å². The molecule has 4 nitrogen and oxygen atoms in total. The van der Waals surface area contributed by atoms with Crippen molar-refractivity contribution in [3.63, 3.8) is 0 Å². The summed E-state index contributed by atoms with van der Waals surface area (Å²) in [5.41, 5.74) is 7.60. The first-order valence-electron chi connectivity index (χ1n) is 7.56. The van der Waals surface area contributed by atoms with Gasteiger partial charge in [0.2, 0.25) is 0 Å². The van der Waals surface area contributed by atoms with Crippen molar-refractivity contribution in [3.05, 3.63) is 84.4 Å². The lowest BCUT2D eigenvalue weighted by molar-refractivity contribution is 0.0942. The highest BCUT2D eigenvalue weighted by molar-refractivity contribution is 5.94. The van der Waals surface area contributed by atoms with Gasteiger partial charge in [-0.15, -0.1) is 0 Å². The maximum Gasteiger partial charge on any atom is 0.269 e. The number of carbonyl (C=O) groups excluding carboxylic acids is 1. The topological polar surface area (TPSA) is 50.4 Å². The lowest BCUT2D eigenvalue weighted by Gasteiger charge is -2.12. The molecule has 0 atom stereocenters. The fourth-order valence-corrected chi connectivity index (χ4v) is 2.40. The number of hydrogen-bond donors (Lipinski definition) is 2. The third-order valence-electron chi connectivity index (χ3n) is 3.78. The van der Waals surface area contributed by atoms with Gasteiger partial charge in [0.15, 0.2) is 0 Å². The molecule has 0 spiro atoms. The van der Waals surface area contributed by atoms with Crippen molar-refractivity contribution in [2.75, 3.05) is 7.11 Å². The fourth-order valence-electron chi connectivity index (χ4n) is 2.40. The number of hydrogen-bond acceptors (Lipinski definition) is 3. The van der Waals surface area contributed by atoms with Crippen molar-refractivity contribution in [1.29, 1.82) is 0 Å². The third-order valence-corrected chi connectivity index (χ3v) is 3.78. The third kappa shape index (κ3) is 3.38. The Bertz CT molecular complexity index is 886.